The molecule has 0 spiro atoms. The molecule has 0 fully saturated rings. The Kier molecular flexibility index (Phi) is 4.56. The number of nitrogens with two attached hydrogens (primary N) is 1. The molecule has 2 aromatic rings. The zero-order chi connectivity index (χ0) is 13.8. The molecule has 0 radical (unpaired) electrons. The van der Waals surface area contributed by atoms with Crippen LogP contribution in [0.2, 0.25) is 0 Å². The van der Waals surface area contributed by atoms with Crippen LogP contribution in [0.1, 0.15) is 24.9 Å². The van der Waals surface area contributed by atoms with Gasteiger partial charge in [-0.2, -0.15) is 0 Å². The topological polar surface area (TPSA) is 26.0 Å². The van der Waals surface area contributed by atoms with Crippen molar-refractivity contribution < 1.29 is 8.78 Å². The molecule has 0 amide bonds. The number of hydrogen-bond donors (Lipinski definition) is 1. The van der Waals surface area contributed by atoms with E-state index in [0.717, 1.165) is 22.9 Å². The first-order chi connectivity index (χ1) is 9.10. The molecule has 0 bridgehead atoms. The van der Waals surface area contributed by atoms with Crippen molar-refractivity contribution in [2.45, 2.75) is 29.2 Å². The number of benzene rings is 2. The first-order valence-corrected chi connectivity index (χ1v) is 6.90. The van der Waals surface area contributed by atoms with E-state index in [-0.39, 0.29) is 6.04 Å². The van der Waals surface area contributed by atoms with Gasteiger partial charge in [-0.05, 0) is 36.2 Å². The highest BCUT2D eigenvalue weighted by atomic mass is 32.2. The zero-order valence-corrected chi connectivity index (χ0v) is 11.4. The minimum atomic E-state index is -0.564. The minimum absolute atomic E-state index is 0.0293. The molecule has 100 valence electrons. The summed E-state index contributed by atoms with van der Waals surface area (Å²) in [4.78, 5) is 1.31. The van der Waals surface area contributed by atoms with E-state index in [1.54, 1.807) is 0 Å². The van der Waals surface area contributed by atoms with Crippen molar-refractivity contribution in [1.82, 2.24) is 0 Å². The van der Waals surface area contributed by atoms with Crippen LogP contribution in [0.5, 0.6) is 0 Å². The first kappa shape index (κ1) is 14.0. The predicted molar refractivity (Wildman–Crippen MR) is 74.1 cm³/mol. The van der Waals surface area contributed by atoms with Gasteiger partial charge in [0.05, 0.1) is 0 Å². The molecule has 0 heterocycles. The first-order valence-electron chi connectivity index (χ1n) is 6.08. The molecule has 0 unspecified atom stereocenters. The Bertz CT molecular complexity index is 555. The van der Waals surface area contributed by atoms with Crippen molar-refractivity contribution in [3.63, 3.8) is 0 Å². The maximum atomic E-state index is 13.5. The van der Waals surface area contributed by atoms with Gasteiger partial charge in [0, 0.05) is 21.9 Å². The van der Waals surface area contributed by atoms with Gasteiger partial charge in [0.1, 0.15) is 11.6 Å². The largest absolute Gasteiger partial charge is 0.324 e. The third kappa shape index (κ3) is 3.55. The van der Waals surface area contributed by atoms with Crippen LogP contribution in [-0.4, -0.2) is 0 Å². The quantitative estimate of drug-likeness (QED) is 0.890. The molecule has 19 heavy (non-hydrogen) atoms. The van der Waals surface area contributed by atoms with Gasteiger partial charge in [-0.1, -0.05) is 30.8 Å². The summed E-state index contributed by atoms with van der Waals surface area (Å²) in [5.74, 6) is -1.11. The van der Waals surface area contributed by atoms with Crippen LogP contribution in [-0.2, 0) is 0 Å². The Labute approximate surface area is 115 Å². The molecule has 1 nitrogen and oxygen atoms in total. The lowest BCUT2D eigenvalue weighted by molar-refractivity contribution is 0.565. The lowest BCUT2D eigenvalue weighted by Gasteiger charge is -2.10. The molecule has 2 aromatic carbocycles. The van der Waals surface area contributed by atoms with Crippen LogP contribution in [0.15, 0.2) is 52.3 Å². The molecular weight excluding hydrogens is 264 g/mol. The molecule has 0 aromatic heterocycles. The number of hydrogen-bond acceptors (Lipinski definition) is 2. The van der Waals surface area contributed by atoms with Gasteiger partial charge < -0.3 is 5.73 Å². The molecule has 2 N–H and O–H groups in total. The van der Waals surface area contributed by atoms with Gasteiger partial charge in [-0.25, -0.2) is 8.78 Å². The standard InChI is InChI=1S/C15H15F2NS/c1-2-14(18)10-3-6-12(7-4-10)19-15-8-5-11(16)9-13(15)17/h3-9,14H,2,18H2,1H3/t14-/m1/s1. The maximum absolute atomic E-state index is 13.5. The molecular formula is C15H15F2NS. The minimum Gasteiger partial charge on any atom is -0.324 e. The maximum Gasteiger partial charge on any atom is 0.140 e. The third-order valence-corrected chi connectivity index (χ3v) is 3.93. The molecule has 0 aliphatic heterocycles. The van der Waals surface area contributed by atoms with Gasteiger partial charge in [-0.15, -0.1) is 0 Å². The van der Waals surface area contributed by atoms with Gasteiger partial charge in [-0.3, -0.25) is 0 Å². The van der Waals surface area contributed by atoms with Crippen LogP contribution >= 0.6 is 11.8 Å². The Hall–Kier alpha value is -1.39. The van der Waals surface area contributed by atoms with Gasteiger partial charge >= 0.3 is 0 Å². The van der Waals surface area contributed by atoms with E-state index in [1.165, 1.54) is 23.9 Å². The Morgan fingerprint density at radius 2 is 1.79 bits per heavy atom. The fourth-order valence-electron chi connectivity index (χ4n) is 1.70. The summed E-state index contributed by atoms with van der Waals surface area (Å²) in [6.07, 6.45) is 0.874. The van der Waals surface area contributed by atoms with Gasteiger partial charge in [0.25, 0.3) is 0 Å². The van der Waals surface area contributed by atoms with Crippen molar-refractivity contribution in [2.75, 3.05) is 0 Å². The average molecular weight is 279 g/mol. The summed E-state index contributed by atoms with van der Waals surface area (Å²) in [6.45, 7) is 2.03. The summed E-state index contributed by atoms with van der Waals surface area (Å²) in [5.41, 5.74) is 6.99. The van der Waals surface area contributed by atoms with Crippen molar-refractivity contribution in [3.8, 4) is 0 Å². The smallest absolute Gasteiger partial charge is 0.140 e. The highest BCUT2D eigenvalue weighted by Crippen LogP contribution is 2.30. The normalized spacial score (nSPS) is 12.4. The van der Waals surface area contributed by atoms with Crippen molar-refractivity contribution in [2.24, 2.45) is 5.73 Å². The highest BCUT2D eigenvalue weighted by molar-refractivity contribution is 7.99. The van der Waals surface area contributed by atoms with Gasteiger partial charge in [0.15, 0.2) is 0 Å². The summed E-state index contributed by atoms with van der Waals surface area (Å²) < 4.78 is 26.3. The Morgan fingerprint density at radius 3 is 2.37 bits per heavy atom. The lowest BCUT2D eigenvalue weighted by Crippen LogP contribution is -2.07. The van der Waals surface area contributed by atoms with E-state index in [9.17, 15) is 8.78 Å². The molecule has 0 saturated heterocycles. The summed E-state index contributed by atoms with van der Waals surface area (Å²) in [5, 5.41) is 0. The fraction of sp³-hybridized carbons (Fsp3) is 0.200. The van der Waals surface area contributed by atoms with Crippen molar-refractivity contribution >= 4 is 11.8 Å². The molecule has 1 atom stereocenters. The number of rotatable bonds is 4. The summed E-state index contributed by atoms with van der Waals surface area (Å²) in [7, 11) is 0. The molecule has 0 aliphatic rings. The second-order valence-electron chi connectivity index (χ2n) is 4.26. The van der Waals surface area contributed by atoms with E-state index in [4.69, 9.17) is 5.73 Å². The van der Waals surface area contributed by atoms with Crippen molar-refractivity contribution in [3.05, 3.63) is 59.7 Å². The van der Waals surface area contributed by atoms with E-state index < -0.39 is 11.6 Å². The predicted octanol–water partition coefficient (Wildman–Crippen LogP) is 4.53. The van der Waals surface area contributed by atoms with Crippen LogP contribution in [0, 0.1) is 11.6 Å². The van der Waals surface area contributed by atoms with E-state index >= 15 is 0 Å². The summed E-state index contributed by atoms with van der Waals surface area (Å²) in [6, 6.07) is 11.3. The monoisotopic (exact) mass is 279 g/mol. The molecule has 0 saturated carbocycles. The average Bonchev–Trinajstić information content (AvgIpc) is 2.42. The number of halogens is 2. The van der Waals surface area contributed by atoms with Crippen LogP contribution < -0.4 is 5.73 Å². The van der Waals surface area contributed by atoms with E-state index in [2.05, 4.69) is 0 Å². The fourth-order valence-corrected chi connectivity index (χ4v) is 2.52. The second-order valence-corrected chi connectivity index (χ2v) is 5.38. The Balaban J connectivity index is 2.15. The molecule has 0 aliphatic carbocycles. The van der Waals surface area contributed by atoms with Crippen LogP contribution in [0.25, 0.3) is 0 Å². The SMILES string of the molecule is CC[C@@H](N)c1ccc(Sc2ccc(F)cc2F)cc1. The van der Waals surface area contributed by atoms with Crippen molar-refractivity contribution in [1.29, 1.82) is 0 Å². The highest BCUT2D eigenvalue weighted by Gasteiger charge is 2.07. The third-order valence-electron chi connectivity index (χ3n) is 2.87. The van der Waals surface area contributed by atoms with Crippen LogP contribution in [0.3, 0.4) is 0 Å². The van der Waals surface area contributed by atoms with Gasteiger partial charge in [0.2, 0.25) is 0 Å². The second kappa shape index (κ2) is 6.17. The lowest BCUT2D eigenvalue weighted by atomic mass is 10.1. The summed E-state index contributed by atoms with van der Waals surface area (Å²) >= 11 is 1.27. The van der Waals surface area contributed by atoms with Crippen LogP contribution in [0.4, 0.5) is 8.78 Å². The molecule has 2 rings (SSSR count). The molecule has 4 heteroatoms. The Morgan fingerprint density at radius 1 is 1.11 bits per heavy atom. The van der Waals surface area contributed by atoms with E-state index in [1.807, 2.05) is 31.2 Å². The zero-order valence-electron chi connectivity index (χ0n) is 10.6. The van der Waals surface area contributed by atoms with E-state index in [0.29, 0.717) is 4.90 Å².